The lowest BCUT2D eigenvalue weighted by molar-refractivity contribution is 0.109. The molecule has 1 aliphatic rings. The van der Waals surface area contributed by atoms with Gasteiger partial charge in [0, 0.05) is 14.4 Å². The van der Waals surface area contributed by atoms with Crippen molar-refractivity contribution in [3.63, 3.8) is 0 Å². The second kappa shape index (κ2) is 2.16. The highest BCUT2D eigenvalue weighted by Gasteiger charge is 1.92. The van der Waals surface area contributed by atoms with Gasteiger partial charge < -0.3 is 10.0 Å². The maximum absolute atomic E-state index is 7.09. The van der Waals surface area contributed by atoms with Crippen LogP contribution in [0.25, 0.3) is 0 Å². The van der Waals surface area contributed by atoms with Crippen LogP contribution in [0.3, 0.4) is 0 Å². The van der Waals surface area contributed by atoms with Gasteiger partial charge in [-0.15, -0.1) is 0 Å². The van der Waals surface area contributed by atoms with E-state index in [1.165, 1.54) is 5.31 Å². The van der Waals surface area contributed by atoms with Crippen LogP contribution in [0.15, 0.2) is 0 Å². The predicted molar refractivity (Wildman–Crippen MR) is 23.7 cm³/mol. The van der Waals surface area contributed by atoms with Crippen molar-refractivity contribution in [1.82, 2.24) is 5.31 Å². The molecule has 0 radical (unpaired) electrons. The summed E-state index contributed by atoms with van der Waals surface area (Å²) >= 11 is 0. The lowest BCUT2D eigenvalue weighted by Gasteiger charge is -2.10. The maximum atomic E-state index is 7.09. The summed E-state index contributed by atoms with van der Waals surface area (Å²) in [5.74, 6) is 0. The van der Waals surface area contributed by atoms with E-state index in [4.69, 9.17) is 7.52 Å². The number of ether oxygens (including phenoxy) is 1. The van der Waals surface area contributed by atoms with Crippen molar-refractivity contribution in [3.05, 3.63) is 0 Å². The van der Waals surface area contributed by atoms with Gasteiger partial charge in [0.15, 0.2) is 0 Å². The molecule has 0 aromatic carbocycles. The van der Waals surface area contributed by atoms with Crippen LogP contribution in [-0.4, -0.2) is 26.3 Å². The van der Waals surface area contributed by atoms with Gasteiger partial charge >= 0.3 is 0 Å². The van der Waals surface area contributed by atoms with Crippen molar-refractivity contribution in [2.75, 3.05) is 26.3 Å². The van der Waals surface area contributed by atoms with E-state index in [9.17, 15) is 0 Å². The normalized spacial score (nSPS) is 44.3. The summed E-state index contributed by atoms with van der Waals surface area (Å²) in [6.45, 7) is 1.07. The molecule has 0 spiro atoms. The second-order valence-corrected chi connectivity index (χ2v) is 1.16. The van der Waals surface area contributed by atoms with Gasteiger partial charge in [-0.25, -0.2) is 0 Å². The molecule has 36 valence electrons. The van der Waals surface area contributed by atoms with Gasteiger partial charge in [-0.2, -0.15) is 0 Å². The molecule has 1 unspecified atom stereocenters. The lowest BCUT2D eigenvalue weighted by Crippen LogP contribution is -2.30. The molecular formula is C4H9NO. The maximum Gasteiger partial charge on any atom is 0.122 e. The standard InChI is InChI=1S/C4H9NO/c1-3-6-4-2-5-1/h5H,1-4H2/i1D/hD. The minimum Gasteiger partial charge on any atom is -0.379 e. The molecule has 0 saturated carbocycles. The summed E-state index contributed by atoms with van der Waals surface area (Å²) < 4.78 is 19.0. The van der Waals surface area contributed by atoms with Crippen LogP contribution in [0.5, 0.6) is 0 Å². The van der Waals surface area contributed by atoms with Crippen LogP contribution in [0.1, 0.15) is 1.37 Å². The molecule has 1 saturated heterocycles. The Morgan fingerprint density at radius 1 is 1.83 bits per heavy atom. The molecule has 0 aromatic rings. The van der Waals surface area contributed by atoms with E-state index < -0.39 is 6.52 Å². The van der Waals surface area contributed by atoms with Gasteiger partial charge in [-0.1, -0.05) is 0 Å². The molecule has 1 rings (SSSR count). The van der Waals surface area contributed by atoms with Gasteiger partial charge in [-0.05, 0) is 0 Å². The van der Waals surface area contributed by atoms with E-state index in [0.29, 0.717) is 19.8 Å². The first-order chi connectivity index (χ1) is 3.80. The van der Waals surface area contributed by atoms with Gasteiger partial charge in [0.05, 0.1) is 13.2 Å². The van der Waals surface area contributed by atoms with Crippen molar-refractivity contribution in [2.45, 2.75) is 0 Å². The molecule has 0 bridgehead atoms. The van der Waals surface area contributed by atoms with Crippen LogP contribution >= 0.6 is 0 Å². The zero-order valence-electron chi connectivity index (χ0n) is 5.55. The van der Waals surface area contributed by atoms with E-state index in [-0.39, 0.29) is 0 Å². The first kappa shape index (κ1) is 2.28. The molecule has 1 fully saturated rings. The fourth-order valence-electron chi connectivity index (χ4n) is 0.397. The predicted octanol–water partition coefficient (Wildman–Crippen LogP) is -0.394. The lowest BCUT2D eigenvalue weighted by atomic mass is 10.5. The van der Waals surface area contributed by atoms with Crippen molar-refractivity contribution in [3.8, 4) is 0 Å². The number of nitrogens with one attached hydrogen (secondary N) is 1. The summed E-state index contributed by atoms with van der Waals surface area (Å²) in [7, 11) is 0. The van der Waals surface area contributed by atoms with Crippen molar-refractivity contribution in [2.24, 2.45) is 0 Å². The van der Waals surface area contributed by atoms with Gasteiger partial charge in [0.1, 0.15) is 1.41 Å². The second-order valence-electron chi connectivity index (χ2n) is 1.16. The summed E-state index contributed by atoms with van der Waals surface area (Å²) in [5, 5.41) is 1.23. The fraction of sp³-hybridized carbons (Fsp3) is 1.00. The number of rotatable bonds is 0. The average Bonchev–Trinajstić information content (AvgIpc) is 1.77. The molecule has 0 amide bonds. The van der Waals surface area contributed by atoms with E-state index in [1.807, 2.05) is 0 Å². The van der Waals surface area contributed by atoms with E-state index in [0.717, 1.165) is 0 Å². The van der Waals surface area contributed by atoms with Gasteiger partial charge in [0.2, 0.25) is 0 Å². The summed E-state index contributed by atoms with van der Waals surface area (Å²) in [6, 6.07) is 0. The highest BCUT2D eigenvalue weighted by Crippen LogP contribution is 1.76. The molecule has 0 aromatic heterocycles. The van der Waals surface area contributed by atoms with Crippen LogP contribution in [0, 0.1) is 0 Å². The zero-order valence-corrected chi connectivity index (χ0v) is 3.55. The summed E-state index contributed by atoms with van der Waals surface area (Å²) in [5.41, 5.74) is 0. The van der Waals surface area contributed by atoms with E-state index in [1.54, 1.807) is 0 Å². The molecule has 1 atom stereocenters. The Kier molecular flexibility index (Phi) is 0.821. The molecule has 2 heteroatoms. The quantitative estimate of drug-likeness (QED) is 0.436. The highest BCUT2D eigenvalue weighted by molar-refractivity contribution is 4.49. The molecule has 6 heavy (non-hydrogen) atoms. The molecule has 0 aliphatic carbocycles. The molecule has 1 heterocycles. The van der Waals surface area contributed by atoms with Crippen molar-refractivity contribution < 1.29 is 7.52 Å². The highest BCUT2D eigenvalue weighted by atomic mass is 16.5. The van der Waals surface area contributed by atoms with E-state index >= 15 is 0 Å². The van der Waals surface area contributed by atoms with Crippen molar-refractivity contribution >= 4 is 0 Å². The Morgan fingerprint density at radius 2 is 2.83 bits per heavy atom. The minimum absolute atomic E-state index is 0.378. The number of hydrogen-bond acceptors (Lipinski definition) is 2. The number of morpholine rings is 1. The van der Waals surface area contributed by atoms with E-state index in [2.05, 4.69) is 0 Å². The zero-order chi connectivity index (χ0) is 5.98. The molecular weight excluding hydrogens is 78.0 g/mol. The third-order valence-electron chi connectivity index (χ3n) is 0.686. The Hall–Kier alpha value is -0.0800. The first-order valence-corrected chi connectivity index (χ1v) is 2.06. The largest absolute Gasteiger partial charge is 0.379 e. The average molecular weight is 89.1 g/mol. The third-order valence-corrected chi connectivity index (χ3v) is 0.686. The summed E-state index contributed by atoms with van der Waals surface area (Å²) in [4.78, 5) is 0. The monoisotopic (exact) mass is 89.1 g/mol. The topological polar surface area (TPSA) is 21.3 Å². The van der Waals surface area contributed by atoms with Crippen LogP contribution in [-0.2, 0) is 4.74 Å². The Bertz CT molecular complexity index is 70.4. The van der Waals surface area contributed by atoms with Gasteiger partial charge in [-0.3, -0.25) is 0 Å². The molecule has 2 nitrogen and oxygen atoms in total. The SMILES string of the molecule is [2H]C1COCCN1[2H]. The van der Waals surface area contributed by atoms with Crippen molar-refractivity contribution in [1.29, 1.82) is 0 Å². The smallest absolute Gasteiger partial charge is 0.122 e. The van der Waals surface area contributed by atoms with Crippen LogP contribution in [0.2, 0.25) is 1.41 Å². The Morgan fingerprint density at radius 3 is 3.33 bits per heavy atom. The van der Waals surface area contributed by atoms with Gasteiger partial charge in [0.25, 0.3) is 0 Å². The Labute approximate surface area is 40.4 Å². The molecule has 1 N–H and O–H groups in total. The first-order valence-electron chi connectivity index (χ1n) is 3.08. The fourth-order valence-corrected chi connectivity index (χ4v) is 0.397. The van der Waals surface area contributed by atoms with Crippen LogP contribution < -0.4 is 5.31 Å². The minimum atomic E-state index is -0.469. The third kappa shape index (κ3) is 0.954. The Balaban J connectivity index is 2.28. The number of hydrogen-bond donors (Lipinski definition) is 1. The molecule has 1 aliphatic heterocycles. The van der Waals surface area contributed by atoms with Crippen LogP contribution in [0.4, 0.5) is 0 Å². The summed E-state index contributed by atoms with van der Waals surface area (Å²) in [6.07, 6.45) is 0.